The van der Waals surface area contributed by atoms with E-state index in [-0.39, 0.29) is 43.4 Å². The number of guanidine groups is 1. The van der Waals surface area contributed by atoms with Crippen molar-refractivity contribution in [2.24, 2.45) is 4.99 Å². The molecular formula is C17H21N5O6. The summed E-state index contributed by atoms with van der Waals surface area (Å²) in [4.78, 5) is 39.3. The maximum absolute atomic E-state index is 12.3. The van der Waals surface area contributed by atoms with Gasteiger partial charge in [0.25, 0.3) is 5.91 Å². The Morgan fingerprint density at radius 3 is 2.82 bits per heavy atom. The maximum atomic E-state index is 12.3. The molecule has 0 spiro atoms. The number of phenolic OH excluding ortho intramolecular Hbond substituents is 1. The molecule has 150 valence electrons. The molecule has 28 heavy (non-hydrogen) atoms. The lowest BCUT2D eigenvalue weighted by atomic mass is 10.1. The Morgan fingerprint density at radius 1 is 1.32 bits per heavy atom. The smallest absolute Gasteiger partial charge is 0.308 e. The lowest BCUT2D eigenvalue weighted by Crippen LogP contribution is -2.42. The molecule has 1 saturated heterocycles. The van der Waals surface area contributed by atoms with Crippen LogP contribution in [0.2, 0.25) is 0 Å². The summed E-state index contributed by atoms with van der Waals surface area (Å²) in [5.41, 5.74) is 0.560. The number of nitrogens with one attached hydrogen (secondary N) is 4. The number of rotatable bonds is 5. The minimum atomic E-state index is -0.559. The second kappa shape index (κ2) is 8.57. The van der Waals surface area contributed by atoms with E-state index in [0.29, 0.717) is 18.2 Å². The predicted molar refractivity (Wildman–Crippen MR) is 97.9 cm³/mol. The van der Waals surface area contributed by atoms with Gasteiger partial charge in [0, 0.05) is 23.9 Å². The molecule has 6 N–H and O–H groups in total. The van der Waals surface area contributed by atoms with Gasteiger partial charge in [0.05, 0.1) is 31.7 Å². The highest BCUT2D eigenvalue weighted by atomic mass is 16.5. The Labute approximate surface area is 160 Å². The van der Waals surface area contributed by atoms with E-state index < -0.39 is 24.0 Å². The van der Waals surface area contributed by atoms with Gasteiger partial charge in [-0.05, 0) is 12.1 Å². The summed E-state index contributed by atoms with van der Waals surface area (Å²) in [7, 11) is 0. The molecule has 1 aromatic carbocycles. The summed E-state index contributed by atoms with van der Waals surface area (Å²) < 4.78 is 4.75. The van der Waals surface area contributed by atoms with Crippen molar-refractivity contribution in [1.82, 2.24) is 16.0 Å². The van der Waals surface area contributed by atoms with E-state index in [0.717, 1.165) is 0 Å². The first-order chi connectivity index (χ1) is 13.4. The van der Waals surface area contributed by atoms with Crippen molar-refractivity contribution in [3.05, 3.63) is 23.8 Å². The molecule has 2 aliphatic heterocycles. The number of nitrogens with zero attached hydrogens (tertiary/aromatic N) is 1. The number of esters is 1. The molecule has 2 aliphatic rings. The molecule has 2 amide bonds. The van der Waals surface area contributed by atoms with Crippen LogP contribution in [0.1, 0.15) is 16.8 Å². The van der Waals surface area contributed by atoms with Crippen LogP contribution >= 0.6 is 0 Å². The monoisotopic (exact) mass is 391 g/mol. The second-order valence-corrected chi connectivity index (χ2v) is 6.45. The van der Waals surface area contributed by atoms with Gasteiger partial charge in [-0.2, -0.15) is 0 Å². The van der Waals surface area contributed by atoms with Gasteiger partial charge in [-0.1, -0.05) is 0 Å². The Hall–Kier alpha value is -3.34. The first-order valence-corrected chi connectivity index (χ1v) is 8.69. The van der Waals surface area contributed by atoms with E-state index in [1.165, 1.54) is 18.2 Å². The van der Waals surface area contributed by atoms with Crippen molar-refractivity contribution in [2.75, 3.05) is 31.6 Å². The summed E-state index contributed by atoms with van der Waals surface area (Å²) in [5, 5.41) is 30.1. The number of phenols is 1. The fourth-order valence-electron chi connectivity index (χ4n) is 2.71. The van der Waals surface area contributed by atoms with E-state index in [9.17, 15) is 24.6 Å². The highest BCUT2D eigenvalue weighted by Gasteiger charge is 2.25. The van der Waals surface area contributed by atoms with Gasteiger partial charge < -0.3 is 36.2 Å². The van der Waals surface area contributed by atoms with E-state index in [2.05, 4.69) is 26.3 Å². The van der Waals surface area contributed by atoms with Gasteiger partial charge in [-0.15, -0.1) is 0 Å². The zero-order valence-electron chi connectivity index (χ0n) is 14.9. The number of amides is 2. The number of aliphatic hydroxyl groups excluding tert-OH is 1. The van der Waals surface area contributed by atoms with Crippen molar-refractivity contribution in [2.45, 2.75) is 18.6 Å². The predicted octanol–water partition coefficient (Wildman–Crippen LogP) is -1.71. The van der Waals surface area contributed by atoms with Crippen LogP contribution in [0.25, 0.3) is 0 Å². The minimum Gasteiger partial charge on any atom is -0.508 e. The molecule has 0 bridgehead atoms. The standard InChI is InChI=1S/C17H21N5O6/c23-12-2-9(1-10(3-12)22-17-19-5-13(24)6-20-17)16(27)18-7-14(25)21-11-4-15(26)28-8-11/h1-3,11,13,23-24H,4-8H2,(H,18,27)(H,21,25)(H2,19,20,22)/t11-/m1/s1. The molecule has 11 nitrogen and oxygen atoms in total. The lowest BCUT2D eigenvalue weighted by molar-refractivity contribution is -0.138. The number of hydrogen-bond acceptors (Lipinski definition) is 9. The molecule has 2 heterocycles. The summed E-state index contributed by atoms with van der Waals surface area (Å²) in [6, 6.07) is 3.78. The summed E-state index contributed by atoms with van der Waals surface area (Å²) in [6.07, 6.45) is -0.452. The van der Waals surface area contributed by atoms with Crippen molar-refractivity contribution in [3.63, 3.8) is 0 Å². The quantitative estimate of drug-likeness (QED) is 0.323. The van der Waals surface area contributed by atoms with Gasteiger partial charge in [0.15, 0.2) is 5.96 Å². The molecule has 11 heteroatoms. The van der Waals surface area contributed by atoms with Gasteiger partial charge >= 0.3 is 5.97 Å². The van der Waals surface area contributed by atoms with Crippen LogP contribution < -0.4 is 21.3 Å². The fraction of sp³-hybridized carbons (Fsp3) is 0.412. The molecule has 0 saturated carbocycles. The molecular weight excluding hydrogens is 370 g/mol. The number of cyclic esters (lactones) is 1. The van der Waals surface area contributed by atoms with Crippen molar-refractivity contribution in [1.29, 1.82) is 0 Å². The normalized spacial score (nSPS) is 21.2. The minimum absolute atomic E-state index is 0.107. The number of aliphatic imine (C=N–C) groups is 1. The SMILES string of the molecule is O=C(CNC(=O)c1cc(O)cc(NC2=NCC(O)CN2)c1)N[C@H]1COC(=O)C1. The molecule has 0 aromatic heterocycles. The molecule has 1 aromatic rings. The third kappa shape index (κ3) is 5.33. The van der Waals surface area contributed by atoms with Gasteiger partial charge in [-0.3, -0.25) is 19.4 Å². The average Bonchev–Trinajstić information content (AvgIpc) is 3.06. The number of carbonyl (C=O) groups excluding carboxylic acids is 3. The van der Waals surface area contributed by atoms with Crippen LogP contribution in [-0.2, 0) is 14.3 Å². The number of anilines is 1. The Kier molecular flexibility index (Phi) is 5.94. The van der Waals surface area contributed by atoms with E-state index >= 15 is 0 Å². The van der Waals surface area contributed by atoms with Crippen molar-refractivity contribution in [3.8, 4) is 5.75 Å². The first kappa shape index (κ1) is 19.4. The number of benzene rings is 1. The Morgan fingerprint density at radius 2 is 2.14 bits per heavy atom. The van der Waals surface area contributed by atoms with Crippen LogP contribution in [0.5, 0.6) is 5.75 Å². The third-order valence-electron chi connectivity index (χ3n) is 4.04. The molecule has 0 aliphatic carbocycles. The molecule has 0 radical (unpaired) electrons. The Bertz CT molecular complexity index is 811. The molecule has 2 atom stereocenters. The van der Waals surface area contributed by atoms with E-state index in [1.54, 1.807) is 0 Å². The number of aromatic hydroxyl groups is 1. The van der Waals surface area contributed by atoms with Crippen LogP contribution in [-0.4, -0.2) is 72.3 Å². The van der Waals surface area contributed by atoms with Crippen LogP contribution in [0.15, 0.2) is 23.2 Å². The maximum Gasteiger partial charge on any atom is 0.308 e. The number of hydrogen-bond donors (Lipinski definition) is 6. The van der Waals surface area contributed by atoms with Crippen molar-refractivity contribution >= 4 is 29.4 Å². The zero-order valence-corrected chi connectivity index (χ0v) is 14.9. The van der Waals surface area contributed by atoms with Crippen LogP contribution in [0.4, 0.5) is 5.69 Å². The zero-order chi connectivity index (χ0) is 20.1. The summed E-state index contributed by atoms with van der Waals surface area (Å²) in [5.74, 6) is -1.11. The number of carbonyl (C=O) groups is 3. The average molecular weight is 391 g/mol. The van der Waals surface area contributed by atoms with Crippen molar-refractivity contribution < 1.29 is 29.3 Å². The third-order valence-corrected chi connectivity index (χ3v) is 4.04. The fourth-order valence-corrected chi connectivity index (χ4v) is 2.71. The largest absolute Gasteiger partial charge is 0.508 e. The van der Waals surface area contributed by atoms with Crippen LogP contribution in [0, 0.1) is 0 Å². The molecule has 1 fully saturated rings. The van der Waals surface area contributed by atoms with Gasteiger partial charge in [-0.25, -0.2) is 0 Å². The lowest BCUT2D eigenvalue weighted by Gasteiger charge is -2.20. The highest BCUT2D eigenvalue weighted by molar-refractivity contribution is 6.00. The van der Waals surface area contributed by atoms with Crippen LogP contribution in [0.3, 0.4) is 0 Å². The molecule has 3 rings (SSSR count). The summed E-state index contributed by atoms with van der Waals surface area (Å²) in [6.45, 7) is 0.419. The van der Waals surface area contributed by atoms with E-state index in [1.807, 2.05) is 0 Å². The summed E-state index contributed by atoms with van der Waals surface area (Å²) >= 11 is 0. The van der Waals surface area contributed by atoms with Gasteiger partial charge in [0.1, 0.15) is 12.4 Å². The topological polar surface area (TPSA) is 161 Å². The first-order valence-electron chi connectivity index (χ1n) is 8.69. The number of β-amino-alcohol motifs (C(OH)–C–C–N with tert-alkyl or cyclic N) is 1. The van der Waals surface area contributed by atoms with Gasteiger partial charge in [0.2, 0.25) is 5.91 Å². The molecule has 1 unspecified atom stereocenters. The number of aliphatic hydroxyl groups is 1. The number of ether oxygens (including phenoxy) is 1. The Balaban J connectivity index is 1.55. The van der Waals surface area contributed by atoms with E-state index in [4.69, 9.17) is 4.74 Å². The highest BCUT2D eigenvalue weighted by Crippen LogP contribution is 2.20. The second-order valence-electron chi connectivity index (χ2n) is 6.45.